The van der Waals surface area contributed by atoms with Gasteiger partial charge in [-0.1, -0.05) is 93.4 Å². The lowest BCUT2D eigenvalue weighted by Gasteiger charge is -2.27. The van der Waals surface area contributed by atoms with Gasteiger partial charge >= 0.3 is 0 Å². The Morgan fingerprint density at radius 2 is 1.62 bits per heavy atom. The number of anilines is 2. The van der Waals surface area contributed by atoms with Crippen LogP contribution in [0.5, 0.6) is 0 Å². The molecule has 0 aromatic heterocycles. The maximum absolute atomic E-state index is 13.5. The van der Waals surface area contributed by atoms with Crippen molar-refractivity contribution >= 4 is 11.4 Å². The minimum Gasteiger partial charge on any atom is -0.388 e. The van der Waals surface area contributed by atoms with E-state index in [0.717, 1.165) is 38.3 Å². The Morgan fingerprint density at radius 1 is 0.950 bits per heavy atom. The van der Waals surface area contributed by atoms with E-state index < -0.39 is 12.0 Å². The number of hydrogen-bond donors (Lipinski definition) is 3. The molecule has 1 unspecified atom stereocenters. The molecule has 3 nitrogen and oxygen atoms in total. The van der Waals surface area contributed by atoms with Crippen molar-refractivity contribution < 1.29 is 13.9 Å². The van der Waals surface area contributed by atoms with Gasteiger partial charge in [0.25, 0.3) is 5.92 Å². The molecular formula is C35H46F2N2O. The van der Waals surface area contributed by atoms with Crippen LogP contribution in [0.3, 0.4) is 0 Å². The van der Waals surface area contributed by atoms with Gasteiger partial charge < -0.3 is 15.7 Å². The van der Waals surface area contributed by atoms with Crippen LogP contribution >= 0.6 is 0 Å². The molecule has 0 aliphatic heterocycles. The van der Waals surface area contributed by atoms with E-state index in [4.69, 9.17) is 5.11 Å². The number of rotatable bonds is 11. The minimum atomic E-state index is -3.18. The second-order valence-corrected chi connectivity index (χ2v) is 11.4. The molecule has 0 spiro atoms. The number of aliphatic hydroxyl groups excluding tert-OH is 1. The molecule has 1 aliphatic carbocycles. The summed E-state index contributed by atoms with van der Waals surface area (Å²) in [6, 6.07) is 23.5. The van der Waals surface area contributed by atoms with Gasteiger partial charge in [-0.3, -0.25) is 0 Å². The number of allylic oxidation sites excluding steroid dienone is 2. The molecule has 1 saturated carbocycles. The molecule has 3 aromatic carbocycles. The molecule has 1 aliphatic rings. The van der Waals surface area contributed by atoms with Crippen molar-refractivity contribution in [3.63, 3.8) is 0 Å². The standard InChI is InChI=1S/C20H28N2.C15H18F2O/c1-5-9-16-14-18(21-4)12-13-19(16)22-15-20(2,3)17-10-7-6-8-11-17;1-11(18)15(16,17)14-9-7-13(8-10-14)6-5-12-3-2-4-12/h6-8,10-14,21-22H,5,9,15H2,1-4H3;5,7-11,18H,2-4,6H2,1H3. The van der Waals surface area contributed by atoms with Crippen LogP contribution in [0.4, 0.5) is 20.2 Å². The van der Waals surface area contributed by atoms with Crippen LogP contribution in [-0.4, -0.2) is 24.8 Å². The van der Waals surface area contributed by atoms with Gasteiger partial charge in [-0.15, -0.1) is 0 Å². The van der Waals surface area contributed by atoms with Gasteiger partial charge in [0.15, 0.2) is 0 Å². The summed E-state index contributed by atoms with van der Waals surface area (Å²) >= 11 is 0. The first-order valence-electron chi connectivity index (χ1n) is 14.5. The van der Waals surface area contributed by atoms with E-state index in [1.54, 1.807) is 12.1 Å². The van der Waals surface area contributed by atoms with Gasteiger partial charge in [-0.2, -0.15) is 8.78 Å². The summed E-state index contributed by atoms with van der Waals surface area (Å²) in [4.78, 5) is 0. The maximum Gasteiger partial charge on any atom is 0.298 e. The molecule has 5 heteroatoms. The largest absolute Gasteiger partial charge is 0.388 e. The highest BCUT2D eigenvalue weighted by molar-refractivity contribution is 5.60. The van der Waals surface area contributed by atoms with Crippen LogP contribution in [-0.2, 0) is 24.2 Å². The topological polar surface area (TPSA) is 44.3 Å². The lowest BCUT2D eigenvalue weighted by Crippen LogP contribution is -2.27. The van der Waals surface area contributed by atoms with E-state index in [0.29, 0.717) is 0 Å². The number of aliphatic hydroxyl groups is 1. The van der Waals surface area contributed by atoms with Gasteiger partial charge in [0, 0.05) is 35.9 Å². The lowest BCUT2D eigenvalue weighted by atomic mass is 9.84. The SMILES string of the molecule is CC(O)C(F)(F)c1ccc(CC=C2CCC2)cc1.CCCc1cc(NC)ccc1NCC(C)(C)c1ccccc1. The zero-order chi connectivity index (χ0) is 29.2. The quantitative estimate of drug-likeness (QED) is 0.210. The monoisotopic (exact) mass is 548 g/mol. The van der Waals surface area contributed by atoms with Crippen molar-refractivity contribution in [3.05, 3.63) is 107 Å². The Labute approximate surface area is 239 Å². The van der Waals surface area contributed by atoms with Crippen LogP contribution in [0, 0.1) is 0 Å². The number of aryl methyl sites for hydroxylation is 1. The molecule has 0 radical (unpaired) electrons. The van der Waals surface area contributed by atoms with Crippen molar-refractivity contribution in [1.29, 1.82) is 0 Å². The van der Waals surface area contributed by atoms with E-state index >= 15 is 0 Å². The van der Waals surface area contributed by atoms with Gasteiger partial charge in [0.05, 0.1) is 0 Å². The zero-order valence-electron chi connectivity index (χ0n) is 24.7. The Morgan fingerprint density at radius 3 is 2.17 bits per heavy atom. The Kier molecular flexibility index (Phi) is 11.3. The molecule has 1 atom stereocenters. The van der Waals surface area contributed by atoms with Gasteiger partial charge in [-0.25, -0.2) is 0 Å². The second-order valence-electron chi connectivity index (χ2n) is 11.4. The molecule has 3 N–H and O–H groups in total. The summed E-state index contributed by atoms with van der Waals surface area (Å²) in [5.74, 6) is -3.18. The van der Waals surface area contributed by atoms with E-state index in [1.807, 2.05) is 7.05 Å². The first-order chi connectivity index (χ1) is 19.1. The molecule has 3 aromatic rings. The van der Waals surface area contributed by atoms with Crippen LogP contribution in [0.1, 0.15) is 75.6 Å². The van der Waals surface area contributed by atoms with Crippen molar-refractivity contribution in [3.8, 4) is 0 Å². The average molecular weight is 549 g/mol. The highest BCUT2D eigenvalue weighted by Gasteiger charge is 2.37. The fraction of sp³-hybridized carbons (Fsp3) is 0.429. The molecule has 40 heavy (non-hydrogen) atoms. The van der Waals surface area contributed by atoms with E-state index in [-0.39, 0.29) is 11.0 Å². The molecule has 1 fully saturated rings. The third-order valence-electron chi connectivity index (χ3n) is 7.68. The molecule has 0 amide bonds. The Bertz CT molecular complexity index is 1210. The molecule has 216 valence electrons. The highest BCUT2D eigenvalue weighted by atomic mass is 19.3. The van der Waals surface area contributed by atoms with Crippen LogP contribution in [0.15, 0.2) is 84.4 Å². The summed E-state index contributed by atoms with van der Waals surface area (Å²) in [5.41, 5.74) is 7.66. The second kappa shape index (κ2) is 14.5. The Balaban J connectivity index is 0.000000225. The van der Waals surface area contributed by atoms with E-state index in [9.17, 15) is 8.78 Å². The fourth-order valence-electron chi connectivity index (χ4n) is 4.66. The number of benzene rings is 3. The predicted octanol–water partition coefficient (Wildman–Crippen LogP) is 8.88. The van der Waals surface area contributed by atoms with Gasteiger partial charge in [0.1, 0.15) is 6.10 Å². The maximum atomic E-state index is 13.5. The summed E-state index contributed by atoms with van der Waals surface area (Å²) in [6.07, 6.45) is 7.21. The lowest BCUT2D eigenvalue weighted by molar-refractivity contribution is -0.106. The van der Waals surface area contributed by atoms with E-state index in [2.05, 4.69) is 86.0 Å². The first kappa shape index (κ1) is 31.3. The molecule has 0 bridgehead atoms. The number of hydrogen-bond acceptors (Lipinski definition) is 3. The predicted molar refractivity (Wildman–Crippen MR) is 166 cm³/mol. The fourth-order valence-corrected chi connectivity index (χ4v) is 4.66. The normalized spacial score (nSPS) is 13.9. The highest BCUT2D eigenvalue weighted by Crippen LogP contribution is 2.32. The summed E-state index contributed by atoms with van der Waals surface area (Å²) in [7, 11) is 1.97. The number of nitrogens with one attached hydrogen (secondary N) is 2. The van der Waals surface area contributed by atoms with Crippen molar-refractivity contribution in [2.24, 2.45) is 0 Å². The first-order valence-corrected chi connectivity index (χ1v) is 14.5. The summed E-state index contributed by atoms with van der Waals surface area (Å²) in [6.45, 7) is 8.83. The van der Waals surface area contributed by atoms with Crippen LogP contribution in [0.2, 0.25) is 0 Å². The number of alkyl halides is 2. The molecule has 4 rings (SSSR count). The molecular weight excluding hydrogens is 502 g/mol. The average Bonchev–Trinajstić information content (AvgIpc) is 2.92. The van der Waals surface area contributed by atoms with Crippen LogP contribution < -0.4 is 10.6 Å². The van der Waals surface area contributed by atoms with Crippen molar-refractivity contribution in [2.75, 3.05) is 24.2 Å². The van der Waals surface area contributed by atoms with Crippen molar-refractivity contribution in [1.82, 2.24) is 0 Å². The smallest absolute Gasteiger partial charge is 0.298 e. The summed E-state index contributed by atoms with van der Waals surface area (Å²) in [5, 5.41) is 15.9. The van der Waals surface area contributed by atoms with Crippen molar-refractivity contribution in [2.45, 2.75) is 83.7 Å². The Hall–Kier alpha value is -3.18. The molecule has 0 saturated heterocycles. The summed E-state index contributed by atoms with van der Waals surface area (Å²) < 4.78 is 27.1. The third kappa shape index (κ3) is 8.66. The van der Waals surface area contributed by atoms with Crippen LogP contribution in [0.25, 0.3) is 0 Å². The third-order valence-corrected chi connectivity index (χ3v) is 7.68. The van der Waals surface area contributed by atoms with E-state index in [1.165, 1.54) is 59.5 Å². The van der Waals surface area contributed by atoms with Gasteiger partial charge in [-0.05, 0) is 73.9 Å². The number of halogens is 2. The zero-order valence-corrected chi connectivity index (χ0v) is 24.7. The molecule has 0 heterocycles. The minimum absolute atomic E-state index is 0.104. The van der Waals surface area contributed by atoms with Gasteiger partial charge in [0.2, 0.25) is 0 Å².